The second kappa shape index (κ2) is 11.8. The number of benzene rings is 2. The number of hydrogen-bond donors (Lipinski definition) is 2. The highest BCUT2D eigenvalue weighted by Gasteiger charge is 2.20. The summed E-state index contributed by atoms with van der Waals surface area (Å²) < 4.78 is 12.6. The molecule has 210 valence electrons. The molecule has 11 nitrogen and oxygen atoms in total. The highest BCUT2D eigenvalue weighted by molar-refractivity contribution is 5.73. The van der Waals surface area contributed by atoms with Crippen LogP contribution in [0, 0.1) is 0 Å². The van der Waals surface area contributed by atoms with E-state index in [9.17, 15) is 10.2 Å². The maximum atomic E-state index is 9.73. The van der Waals surface area contributed by atoms with Crippen LogP contribution in [0.3, 0.4) is 0 Å². The molecule has 0 radical (unpaired) electrons. The number of nitrogens with zero attached hydrogens (tertiary/aromatic N) is 7. The van der Waals surface area contributed by atoms with Gasteiger partial charge < -0.3 is 29.5 Å². The molecule has 5 aromatic rings. The molecule has 11 heteroatoms. The van der Waals surface area contributed by atoms with E-state index in [1.807, 2.05) is 48.7 Å². The molecule has 41 heavy (non-hydrogen) atoms. The number of phenols is 1. The van der Waals surface area contributed by atoms with E-state index in [0.29, 0.717) is 43.6 Å². The first-order chi connectivity index (χ1) is 20.1. The van der Waals surface area contributed by atoms with Crippen molar-refractivity contribution in [3.63, 3.8) is 0 Å². The molecule has 0 saturated carbocycles. The van der Waals surface area contributed by atoms with Gasteiger partial charge >= 0.3 is 0 Å². The van der Waals surface area contributed by atoms with Crippen LogP contribution in [0.4, 0.5) is 11.8 Å². The summed E-state index contributed by atoms with van der Waals surface area (Å²) in [5, 5.41) is 23.9. The largest absolute Gasteiger partial charge is 0.508 e. The van der Waals surface area contributed by atoms with Crippen molar-refractivity contribution in [3.8, 4) is 22.8 Å². The van der Waals surface area contributed by atoms with Crippen LogP contribution in [0.15, 0.2) is 73.2 Å². The maximum absolute atomic E-state index is 9.73. The van der Waals surface area contributed by atoms with Crippen molar-refractivity contribution in [2.75, 3.05) is 43.2 Å². The molecule has 0 bridgehead atoms. The summed E-state index contributed by atoms with van der Waals surface area (Å²) in [5.74, 6) is 2.37. The van der Waals surface area contributed by atoms with Gasteiger partial charge in [0.2, 0.25) is 5.95 Å². The molecule has 2 aromatic carbocycles. The molecular formula is C30H31N7O4. The van der Waals surface area contributed by atoms with Crippen molar-refractivity contribution in [3.05, 3.63) is 90.0 Å². The SMILES string of the molecule is COc1ccc(CN(Cc2ccc(O)cc2)c2ncc(-c3cn4nc(CO)cc4c(N4CCOCC4)n3)cn2)cc1. The van der Waals surface area contributed by atoms with Gasteiger partial charge in [-0.1, -0.05) is 24.3 Å². The fourth-order valence-electron chi connectivity index (χ4n) is 4.84. The lowest BCUT2D eigenvalue weighted by molar-refractivity contribution is 0.122. The van der Waals surface area contributed by atoms with Crippen LogP contribution < -0.4 is 14.5 Å². The van der Waals surface area contributed by atoms with Crippen LogP contribution in [-0.4, -0.2) is 68.2 Å². The molecule has 3 aromatic heterocycles. The monoisotopic (exact) mass is 553 g/mol. The smallest absolute Gasteiger partial charge is 0.225 e. The average molecular weight is 554 g/mol. The molecule has 0 aliphatic carbocycles. The Morgan fingerprint density at radius 2 is 1.61 bits per heavy atom. The van der Waals surface area contributed by atoms with E-state index in [4.69, 9.17) is 24.4 Å². The van der Waals surface area contributed by atoms with E-state index in [-0.39, 0.29) is 12.4 Å². The summed E-state index contributed by atoms with van der Waals surface area (Å²) in [5.41, 5.74) is 4.94. The van der Waals surface area contributed by atoms with Crippen LogP contribution in [0.5, 0.6) is 11.5 Å². The first-order valence-electron chi connectivity index (χ1n) is 13.4. The molecular weight excluding hydrogens is 522 g/mol. The van der Waals surface area contributed by atoms with Gasteiger partial charge in [-0.25, -0.2) is 19.5 Å². The van der Waals surface area contributed by atoms with Crippen LogP contribution in [0.2, 0.25) is 0 Å². The number of fused-ring (bicyclic) bond motifs is 1. The van der Waals surface area contributed by atoms with Crippen LogP contribution in [0.25, 0.3) is 16.8 Å². The van der Waals surface area contributed by atoms with Gasteiger partial charge in [0.15, 0.2) is 5.82 Å². The van der Waals surface area contributed by atoms with Gasteiger partial charge in [0.05, 0.1) is 44.5 Å². The third-order valence-corrected chi connectivity index (χ3v) is 7.02. The maximum Gasteiger partial charge on any atom is 0.225 e. The minimum Gasteiger partial charge on any atom is -0.508 e. The van der Waals surface area contributed by atoms with E-state index >= 15 is 0 Å². The molecule has 1 aliphatic heterocycles. The number of anilines is 2. The van der Waals surface area contributed by atoms with Gasteiger partial charge in [0.25, 0.3) is 0 Å². The number of aromatic hydroxyl groups is 1. The average Bonchev–Trinajstić information content (AvgIpc) is 3.46. The standard InChI is InChI=1S/C30H31N7O4/c1-40-26-8-4-22(5-9-26)18-36(17-21-2-6-25(39)7-3-21)30-31-15-23(16-32-30)27-19-37-28(14-24(20-38)34-37)29(33-27)35-10-12-41-13-11-35/h2-9,14-16,19,38-39H,10-13,17-18,20H2,1H3. The number of ether oxygens (including phenoxy) is 2. The van der Waals surface area contributed by atoms with E-state index < -0.39 is 0 Å². The normalized spacial score (nSPS) is 13.5. The Kier molecular flexibility index (Phi) is 7.61. The number of hydrogen-bond acceptors (Lipinski definition) is 10. The highest BCUT2D eigenvalue weighted by Crippen LogP contribution is 2.27. The Hall–Kier alpha value is -4.74. The first-order valence-corrected chi connectivity index (χ1v) is 13.4. The van der Waals surface area contributed by atoms with Crippen LogP contribution in [-0.2, 0) is 24.4 Å². The van der Waals surface area contributed by atoms with Crippen molar-refractivity contribution in [1.82, 2.24) is 24.6 Å². The molecule has 0 atom stereocenters. The minimum atomic E-state index is -0.150. The fraction of sp³-hybridized carbons (Fsp3) is 0.267. The summed E-state index contributed by atoms with van der Waals surface area (Å²) in [6.45, 7) is 3.67. The zero-order valence-electron chi connectivity index (χ0n) is 22.7. The zero-order valence-corrected chi connectivity index (χ0v) is 22.7. The third-order valence-electron chi connectivity index (χ3n) is 7.02. The summed E-state index contributed by atoms with van der Waals surface area (Å²) in [6, 6.07) is 16.9. The zero-order chi connectivity index (χ0) is 28.2. The lowest BCUT2D eigenvalue weighted by Crippen LogP contribution is -2.37. The Balaban J connectivity index is 1.32. The molecule has 2 N–H and O–H groups in total. The number of phenolic OH excluding ortho intramolecular Hbond substituents is 1. The molecule has 0 unspecified atom stereocenters. The lowest BCUT2D eigenvalue weighted by Gasteiger charge is -2.28. The second-order valence-corrected chi connectivity index (χ2v) is 9.82. The summed E-state index contributed by atoms with van der Waals surface area (Å²) in [7, 11) is 1.65. The first kappa shape index (κ1) is 26.5. The van der Waals surface area contributed by atoms with Crippen molar-refractivity contribution < 1.29 is 19.7 Å². The summed E-state index contributed by atoms with van der Waals surface area (Å²) >= 11 is 0. The Morgan fingerprint density at radius 3 is 2.24 bits per heavy atom. The van der Waals surface area contributed by atoms with E-state index in [0.717, 1.165) is 46.9 Å². The molecule has 4 heterocycles. The summed E-state index contributed by atoms with van der Waals surface area (Å²) in [6.07, 6.45) is 5.38. The number of aliphatic hydroxyl groups is 1. The van der Waals surface area contributed by atoms with E-state index in [2.05, 4.69) is 14.9 Å². The van der Waals surface area contributed by atoms with Gasteiger partial charge in [-0.3, -0.25) is 0 Å². The predicted molar refractivity (Wildman–Crippen MR) is 154 cm³/mol. The molecule has 1 saturated heterocycles. The van der Waals surface area contributed by atoms with Gasteiger partial charge in [-0.2, -0.15) is 5.10 Å². The predicted octanol–water partition coefficient (Wildman–Crippen LogP) is 3.44. The molecule has 1 fully saturated rings. The van der Waals surface area contributed by atoms with Crippen LogP contribution in [0.1, 0.15) is 16.8 Å². The number of morpholine rings is 1. The van der Waals surface area contributed by atoms with Gasteiger partial charge in [0, 0.05) is 44.1 Å². The second-order valence-electron chi connectivity index (χ2n) is 9.82. The quantitative estimate of drug-likeness (QED) is 0.281. The Morgan fingerprint density at radius 1 is 0.951 bits per heavy atom. The Labute approximate surface area is 237 Å². The van der Waals surface area contributed by atoms with Crippen molar-refractivity contribution in [2.45, 2.75) is 19.7 Å². The van der Waals surface area contributed by atoms with E-state index in [1.165, 1.54) is 0 Å². The minimum absolute atomic E-state index is 0.150. The topological polar surface area (TPSA) is 121 Å². The van der Waals surface area contributed by atoms with Crippen LogP contribution >= 0.6 is 0 Å². The summed E-state index contributed by atoms with van der Waals surface area (Å²) in [4.78, 5) is 18.7. The number of aromatic nitrogens is 5. The number of methoxy groups -OCH3 is 1. The van der Waals surface area contributed by atoms with Gasteiger partial charge in [0.1, 0.15) is 17.0 Å². The van der Waals surface area contributed by atoms with Gasteiger partial charge in [-0.15, -0.1) is 0 Å². The number of aliphatic hydroxyl groups excluding tert-OH is 1. The fourth-order valence-corrected chi connectivity index (χ4v) is 4.84. The van der Waals surface area contributed by atoms with E-state index in [1.54, 1.807) is 36.2 Å². The van der Waals surface area contributed by atoms with Crippen molar-refractivity contribution >= 4 is 17.3 Å². The molecule has 1 aliphatic rings. The molecule has 0 amide bonds. The van der Waals surface area contributed by atoms with Crippen molar-refractivity contribution in [2.24, 2.45) is 0 Å². The molecule has 0 spiro atoms. The lowest BCUT2D eigenvalue weighted by atomic mass is 10.1. The number of rotatable bonds is 9. The van der Waals surface area contributed by atoms with Crippen molar-refractivity contribution in [1.29, 1.82) is 0 Å². The molecule has 6 rings (SSSR count). The van der Waals surface area contributed by atoms with Gasteiger partial charge in [-0.05, 0) is 41.5 Å². The Bertz CT molecular complexity index is 1600. The highest BCUT2D eigenvalue weighted by atomic mass is 16.5. The third kappa shape index (κ3) is 5.91.